The maximum atomic E-state index is 10.3. The molecule has 8 nitrogen and oxygen atoms in total. The van der Waals surface area contributed by atoms with Gasteiger partial charge in [-0.05, 0) is 9.91 Å². The molecule has 0 radical (unpaired) electrons. The Balaban J connectivity index is 2.75. The fraction of sp³-hybridized carbons (Fsp3) is 0. The molecule has 0 aliphatic rings. The smallest absolute Gasteiger partial charge is 0.390 e. The Kier molecular flexibility index (Phi) is 1.35. The molecule has 0 fully saturated rings. The van der Waals surface area contributed by atoms with Crippen molar-refractivity contribution in [1.82, 2.24) is 19.9 Å². The molecule has 8 heteroatoms. The summed E-state index contributed by atoms with van der Waals surface area (Å²) in [4.78, 5) is 23.0. The molecule has 0 aromatic carbocycles. The first-order valence-electron chi connectivity index (χ1n) is 3.29. The van der Waals surface area contributed by atoms with Crippen LogP contribution in [-0.2, 0) is 0 Å². The lowest BCUT2D eigenvalue weighted by molar-refractivity contribution is -0.393. The van der Waals surface area contributed by atoms with Crippen LogP contribution in [0.15, 0.2) is 6.33 Å². The van der Waals surface area contributed by atoms with Crippen molar-refractivity contribution in [1.29, 1.82) is 0 Å². The largest absolute Gasteiger partial charge is 0.435 e. The maximum Gasteiger partial charge on any atom is 0.435 e. The molecule has 0 aliphatic carbocycles. The van der Waals surface area contributed by atoms with Crippen LogP contribution in [0, 0.1) is 10.1 Å². The molecular weight excluding hydrogens is 176 g/mol. The minimum Gasteiger partial charge on any atom is -0.390 e. The van der Waals surface area contributed by atoms with Gasteiger partial charge in [0.2, 0.25) is 5.52 Å². The molecule has 3 N–H and O–H groups in total. The van der Waals surface area contributed by atoms with Crippen molar-refractivity contribution < 1.29 is 4.92 Å². The predicted molar refractivity (Wildman–Crippen MR) is 42.8 cm³/mol. The Bertz CT molecular complexity index is 477. The summed E-state index contributed by atoms with van der Waals surface area (Å²) in [5.74, 6) is -0.243. The van der Waals surface area contributed by atoms with E-state index >= 15 is 0 Å². The molecule has 0 bridgehead atoms. The van der Waals surface area contributed by atoms with Gasteiger partial charge in [-0.3, -0.25) is 0 Å². The third-order valence-corrected chi connectivity index (χ3v) is 1.48. The molecule has 2 rings (SSSR count). The van der Waals surface area contributed by atoms with E-state index in [0.29, 0.717) is 0 Å². The lowest BCUT2D eigenvalue weighted by atomic mass is 10.5. The van der Waals surface area contributed by atoms with E-state index in [2.05, 4.69) is 19.9 Å². The van der Waals surface area contributed by atoms with Gasteiger partial charge in [0.25, 0.3) is 5.65 Å². The van der Waals surface area contributed by atoms with Gasteiger partial charge >= 0.3 is 5.95 Å². The minimum absolute atomic E-state index is 0.144. The van der Waals surface area contributed by atoms with Crippen LogP contribution in [0.5, 0.6) is 0 Å². The average Bonchev–Trinajstić information content (AvgIpc) is 2.49. The number of hydrogen-bond donors (Lipinski definition) is 2. The van der Waals surface area contributed by atoms with Crippen LogP contribution in [0.3, 0.4) is 0 Å². The van der Waals surface area contributed by atoms with E-state index < -0.39 is 4.92 Å². The highest BCUT2D eigenvalue weighted by Crippen LogP contribution is 2.16. The molecule has 0 saturated carbocycles. The average molecular weight is 180 g/mol. The maximum absolute atomic E-state index is 10.3. The minimum atomic E-state index is -0.652. The molecule has 0 unspecified atom stereocenters. The van der Waals surface area contributed by atoms with Crippen molar-refractivity contribution in [3.8, 4) is 0 Å². The summed E-state index contributed by atoms with van der Waals surface area (Å²) < 4.78 is 0. The number of rotatable bonds is 1. The predicted octanol–water partition coefficient (Wildman–Crippen LogP) is -0.157. The SMILES string of the molecule is Nc1ncnc2nc([N+](=O)[O-])[nH]c12. The van der Waals surface area contributed by atoms with Gasteiger partial charge in [-0.2, -0.15) is 4.98 Å². The summed E-state index contributed by atoms with van der Waals surface area (Å²) in [6, 6.07) is 0. The Labute approximate surface area is 71.0 Å². The molecule has 0 spiro atoms. The monoisotopic (exact) mass is 180 g/mol. The summed E-state index contributed by atoms with van der Waals surface area (Å²) >= 11 is 0. The second kappa shape index (κ2) is 2.37. The zero-order chi connectivity index (χ0) is 9.42. The highest BCUT2D eigenvalue weighted by molar-refractivity contribution is 5.81. The number of nitrogens with one attached hydrogen (secondary N) is 1. The standard InChI is InChI=1S/C5H4N6O2/c6-3-2-4(8-1-7-3)10-5(9-2)11(12)13/h1H,(H3,6,7,8,9,10). The van der Waals surface area contributed by atoms with Gasteiger partial charge in [-0.1, -0.05) is 0 Å². The lowest BCUT2D eigenvalue weighted by Gasteiger charge is -1.86. The molecule has 0 amide bonds. The second-order valence-electron chi connectivity index (χ2n) is 2.28. The Morgan fingerprint density at radius 1 is 1.54 bits per heavy atom. The molecule has 66 valence electrons. The van der Waals surface area contributed by atoms with Gasteiger partial charge in [-0.25, -0.2) is 9.97 Å². The van der Waals surface area contributed by atoms with Crippen LogP contribution < -0.4 is 5.73 Å². The van der Waals surface area contributed by atoms with Crippen LogP contribution in [0.1, 0.15) is 0 Å². The number of H-pyrrole nitrogens is 1. The first-order valence-corrected chi connectivity index (χ1v) is 3.29. The summed E-state index contributed by atoms with van der Waals surface area (Å²) in [6.07, 6.45) is 1.20. The number of imidazole rings is 1. The fourth-order valence-corrected chi connectivity index (χ4v) is 0.921. The number of nitro groups is 1. The normalized spacial score (nSPS) is 10.5. The summed E-state index contributed by atoms with van der Waals surface area (Å²) in [7, 11) is 0. The van der Waals surface area contributed by atoms with E-state index in [0.717, 1.165) is 0 Å². The topological polar surface area (TPSA) is 124 Å². The van der Waals surface area contributed by atoms with Gasteiger partial charge in [0.15, 0.2) is 5.82 Å². The van der Waals surface area contributed by atoms with Crippen LogP contribution in [0.4, 0.5) is 11.8 Å². The van der Waals surface area contributed by atoms with Crippen molar-refractivity contribution in [2.24, 2.45) is 0 Å². The van der Waals surface area contributed by atoms with Crippen molar-refractivity contribution in [3.05, 3.63) is 16.4 Å². The number of fused-ring (bicyclic) bond motifs is 1. The van der Waals surface area contributed by atoms with Gasteiger partial charge in [-0.15, -0.1) is 0 Å². The number of nitrogens with zero attached hydrogens (tertiary/aromatic N) is 4. The van der Waals surface area contributed by atoms with E-state index in [9.17, 15) is 10.1 Å². The zero-order valence-corrected chi connectivity index (χ0v) is 6.26. The number of anilines is 1. The fourth-order valence-electron chi connectivity index (χ4n) is 0.921. The number of nitrogen functional groups attached to an aromatic ring is 1. The third-order valence-electron chi connectivity index (χ3n) is 1.48. The van der Waals surface area contributed by atoms with E-state index in [4.69, 9.17) is 5.73 Å². The number of aromatic amines is 1. The van der Waals surface area contributed by atoms with Gasteiger partial charge in [0.1, 0.15) is 6.33 Å². The van der Waals surface area contributed by atoms with Crippen molar-refractivity contribution in [2.75, 3.05) is 5.73 Å². The number of hydrogen-bond acceptors (Lipinski definition) is 6. The van der Waals surface area contributed by atoms with Crippen LogP contribution >= 0.6 is 0 Å². The van der Waals surface area contributed by atoms with Crippen molar-refractivity contribution in [2.45, 2.75) is 0 Å². The molecule has 0 atom stereocenters. The van der Waals surface area contributed by atoms with Crippen LogP contribution in [0.2, 0.25) is 0 Å². The Morgan fingerprint density at radius 3 is 2.92 bits per heavy atom. The quantitative estimate of drug-likeness (QED) is 0.464. The van der Waals surface area contributed by atoms with E-state index in [1.165, 1.54) is 6.33 Å². The number of nitrogens with two attached hydrogens (primary N) is 1. The molecule has 0 saturated heterocycles. The zero-order valence-electron chi connectivity index (χ0n) is 6.26. The lowest BCUT2D eigenvalue weighted by Crippen LogP contribution is -1.92. The summed E-state index contributed by atoms with van der Waals surface area (Å²) in [5.41, 5.74) is 5.90. The van der Waals surface area contributed by atoms with E-state index in [-0.39, 0.29) is 22.9 Å². The number of aromatic nitrogens is 4. The Morgan fingerprint density at radius 2 is 2.31 bits per heavy atom. The first-order chi connectivity index (χ1) is 6.18. The second-order valence-corrected chi connectivity index (χ2v) is 2.28. The van der Waals surface area contributed by atoms with Gasteiger partial charge in [0.05, 0.1) is 0 Å². The highest BCUT2D eigenvalue weighted by Gasteiger charge is 2.16. The molecule has 2 aromatic rings. The van der Waals surface area contributed by atoms with Crippen molar-refractivity contribution >= 4 is 22.9 Å². The molecule has 2 heterocycles. The van der Waals surface area contributed by atoms with E-state index in [1.807, 2.05) is 0 Å². The summed E-state index contributed by atoms with van der Waals surface area (Å²) in [5, 5.41) is 10.3. The van der Waals surface area contributed by atoms with Crippen LogP contribution in [-0.4, -0.2) is 24.9 Å². The highest BCUT2D eigenvalue weighted by atomic mass is 16.6. The van der Waals surface area contributed by atoms with Gasteiger partial charge in [0, 0.05) is 0 Å². The molecule has 0 aliphatic heterocycles. The molecular formula is C5H4N6O2. The molecule has 2 aromatic heterocycles. The Hall–Kier alpha value is -2.25. The summed E-state index contributed by atoms with van der Waals surface area (Å²) in [6.45, 7) is 0. The van der Waals surface area contributed by atoms with Crippen molar-refractivity contribution in [3.63, 3.8) is 0 Å². The van der Waals surface area contributed by atoms with Crippen LogP contribution in [0.25, 0.3) is 11.2 Å². The first kappa shape index (κ1) is 7.40. The third kappa shape index (κ3) is 1.04. The van der Waals surface area contributed by atoms with Gasteiger partial charge < -0.3 is 15.8 Å². The molecule has 13 heavy (non-hydrogen) atoms. The van der Waals surface area contributed by atoms with E-state index in [1.54, 1.807) is 0 Å².